The van der Waals surface area contributed by atoms with E-state index >= 15 is 0 Å². The van der Waals surface area contributed by atoms with E-state index in [1.54, 1.807) is 35.3 Å². The molecule has 0 aromatic carbocycles. The Bertz CT molecular complexity index is 1220. The third-order valence-corrected chi connectivity index (χ3v) is 7.13. The zero-order valence-electron chi connectivity index (χ0n) is 16.1. The van der Waals surface area contributed by atoms with E-state index in [0.29, 0.717) is 21.2 Å². The summed E-state index contributed by atoms with van der Waals surface area (Å²) in [6.45, 7) is 4.00. The minimum Gasteiger partial charge on any atom is -0.310 e. The molecule has 1 amide bonds. The van der Waals surface area contributed by atoms with Gasteiger partial charge in [0.25, 0.3) is 5.56 Å². The lowest BCUT2D eigenvalue weighted by Gasteiger charge is -2.12. The first-order valence-corrected chi connectivity index (χ1v) is 11.7. The molecule has 7 nitrogen and oxygen atoms in total. The maximum absolute atomic E-state index is 13.0. The van der Waals surface area contributed by atoms with E-state index in [0.717, 1.165) is 10.4 Å². The Labute approximate surface area is 179 Å². The van der Waals surface area contributed by atoms with Crippen molar-refractivity contribution in [2.45, 2.75) is 25.0 Å². The van der Waals surface area contributed by atoms with Gasteiger partial charge in [-0.15, -0.1) is 22.7 Å². The Morgan fingerprint density at radius 2 is 2.14 bits per heavy atom. The highest BCUT2D eigenvalue weighted by molar-refractivity contribution is 7.99. The zero-order valence-corrected chi connectivity index (χ0v) is 18.5. The number of carbonyl (C=O) groups is 1. The molecule has 0 aliphatic heterocycles. The first-order chi connectivity index (χ1) is 14.0. The smallest absolute Gasteiger partial charge is 0.263 e. The largest absolute Gasteiger partial charge is 0.310 e. The van der Waals surface area contributed by atoms with Gasteiger partial charge >= 0.3 is 0 Å². The van der Waals surface area contributed by atoms with E-state index in [-0.39, 0.29) is 23.3 Å². The second-order valence-electron chi connectivity index (χ2n) is 6.66. The van der Waals surface area contributed by atoms with Crippen molar-refractivity contribution >= 4 is 56.4 Å². The topological polar surface area (TPSA) is 81.8 Å². The van der Waals surface area contributed by atoms with E-state index in [1.165, 1.54) is 27.7 Å². The first kappa shape index (κ1) is 19.9. The number of carbonyl (C=O) groups excluding carboxylic acids is 1. The summed E-state index contributed by atoms with van der Waals surface area (Å²) in [5.41, 5.74) is 0.824. The number of thiophene rings is 2. The molecule has 4 aromatic rings. The highest BCUT2D eigenvalue weighted by Crippen LogP contribution is 2.34. The van der Waals surface area contributed by atoms with Crippen LogP contribution in [0.3, 0.4) is 0 Å². The van der Waals surface area contributed by atoms with E-state index in [2.05, 4.69) is 15.4 Å². The van der Waals surface area contributed by atoms with Crippen LogP contribution in [0, 0.1) is 0 Å². The highest BCUT2D eigenvalue weighted by Gasteiger charge is 2.17. The number of rotatable bonds is 6. The van der Waals surface area contributed by atoms with Crippen LogP contribution in [-0.4, -0.2) is 31.0 Å². The lowest BCUT2D eigenvalue weighted by molar-refractivity contribution is -0.113. The van der Waals surface area contributed by atoms with Crippen molar-refractivity contribution in [1.82, 2.24) is 19.3 Å². The van der Waals surface area contributed by atoms with E-state index < -0.39 is 0 Å². The number of hydrogen-bond donors (Lipinski definition) is 1. The molecule has 150 valence electrons. The molecule has 4 aromatic heterocycles. The van der Waals surface area contributed by atoms with Crippen molar-refractivity contribution in [1.29, 1.82) is 0 Å². The van der Waals surface area contributed by atoms with Crippen molar-refractivity contribution in [2.24, 2.45) is 7.05 Å². The molecule has 4 heterocycles. The molecule has 1 N–H and O–H groups in total. The van der Waals surface area contributed by atoms with E-state index in [1.807, 2.05) is 36.7 Å². The molecule has 0 bridgehead atoms. The number of anilines is 1. The molecule has 0 fully saturated rings. The summed E-state index contributed by atoms with van der Waals surface area (Å²) in [7, 11) is 1.69. The number of nitrogens with zero attached hydrogens (tertiary/aromatic N) is 4. The van der Waals surface area contributed by atoms with Gasteiger partial charge < -0.3 is 5.32 Å². The third-order valence-electron chi connectivity index (χ3n) is 4.32. The molecule has 0 saturated heterocycles. The zero-order chi connectivity index (χ0) is 20.5. The maximum atomic E-state index is 13.0. The predicted molar refractivity (Wildman–Crippen MR) is 120 cm³/mol. The normalized spacial score (nSPS) is 11.4. The third kappa shape index (κ3) is 3.87. The van der Waals surface area contributed by atoms with E-state index in [4.69, 9.17) is 0 Å². The number of fused-ring (bicyclic) bond motifs is 1. The fourth-order valence-electron chi connectivity index (χ4n) is 2.93. The lowest BCUT2D eigenvalue weighted by atomic mass is 10.2. The Morgan fingerprint density at radius 1 is 1.31 bits per heavy atom. The molecule has 10 heteroatoms. The molecular weight excluding hydrogens is 426 g/mol. The molecule has 0 aliphatic carbocycles. The van der Waals surface area contributed by atoms with Crippen LogP contribution in [0.5, 0.6) is 0 Å². The van der Waals surface area contributed by atoms with Gasteiger partial charge in [0.2, 0.25) is 5.91 Å². The minimum atomic E-state index is -0.169. The Hall–Kier alpha value is -2.43. The van der Waals surface area contributed by atoms with Crippen molar-refractivity contribution in [3.8, 4) is 10.4 Å². The van der Waals surface area contributed by atoms with Crippen molar-refractivity contribution in [3.63, 3.8) is 0 Å². The average molecular weight is 446 g/mol. The summed E-state index contributed by atoms with van der Waals surface area (Å²) in [6.07, 6.45) is 1.66. The molecule has 29 heavy (non-hydrogen) atoms. The van der Waals surface area contributed by atoms with Crippen molar-refractivity contribution in [3.05, 3.63) is 45.5 Å². The number of nitrogens with one attached hydrogen (secondary N) is 1. The van der Waals surface area contributed by atoms with Gasteiger partial charge in [-0.3, -0.25) is 14.2 Å². The van der Waals surface area contributed by atoms with Crippen LogP contribution < -0.4 is 10.9 Å². The second-order valence-corrected chi connectivity index (χ2v) is 9.41. The van der Waals surface area contributed by atoms with E-state index in [9.17, 15) is 9.59 Å². The first-order valence-electron chi connectivity index (χ1n) is 8.94. The molecule has 0 aliphatic rings. The van der Waals surface area contributed by atoms with Crippen molar-refractivity contribution in [2.75, 3.05) is 11.1 Å². The number of amides is 1. The lowest BCUT2D eigenvalue weighted by Crippen LogP contribution is -2.22. The molecule has 0 unspecified atom stereocenters. The summed E-state index contributed by atoms with van der Waals surface area (Å²) in [4.78, 5) is 31.7. The Morgan fingerprint density at radius 3 is 2.86 bits per heavy atom. The van der Waals surface area contributed by atoms with Crippen LogP contribution in [-0.2, 0) is 11.8 Å². The number of aromatic nitrogens is 4. The summed E-state index contributed by atoms with van der Waals surface area (Å²) in [6, 6.07) is 5.88. The van der Waals surface area contributed by atoms with Crippen LogP contribution in [0.2, 0.25) is 0 Å². The fourth-order valence-corrected chi connectivity index (χ4v) is 5.50. The van der Waals surface area contributed by atoms with Crippen LogP contribution in [0.4, 0.5) is 5.82 Å². The molecule has 0 radical (unpaired) electrons. The van der Waals surface area contributed by atoms with Gasteiger partial charge in [-0.25, -0.2) is 9.67 Å². The van der Waals surface area contributed by atoms with Gasteiger partial charge in [0.15, 0.2) is 5.16 Å². The number of hydrogen-bond acceptors (Lipinski definition) is 7. The minimum absolute atomic E-state index is 0.0968. The summed E-state index contributed by atoms with van der Waals surface area (Å²) >= 11 is 4.29. The van der Waals surface area contributed by atoms with Crippen LogP contribution in [0.25, 0.3) is 20.7 Å². The standard InChI is InChI=1S/C19H19N5O2S3/c1-11(2)24-14(6-7-20-24)21-15(25)10-29-19-22-17-16(18(26)23(19)3)12(9-28-17)13-5-4-8-27-13/h4-9,11H,10H2,1-3H3,(H,21,25). The highest BCUT2D eigenvalue weighted by atomic mass is 32.2. The monoisotopic (exact) mass is 445 g/mol. The van der Waals surface area contributed by atoms with Crippen LogP contribution in [0.15, 0.2) is 45.1 Å². The quantitative estimate of drug-likeness (QED) is 0.355. The van der Waals surface area contributed by atoms with Gasteiger partial charge in [0.1, 0.15) is 10.6 Å². The number of thioether (sulfide) groups is 1. The molecule has 4 rings (SSSR count). The maximum Gasteiger partial charge on any atom is 0.263 e. The predicted octanol–water partition coefficient (Wildman–Crippen LogP) is 4.23. The molecule has 0 saturated carbocycles. The van der Waals surface area contributed by atoms with Gasteiger partial charge in [-0.2, -0.15) is 5.10 Å². The van der Waals surface area contributed by atoms with Gasteiger partial charge in [0, 0.05) is 35.0 Å². The second kappa shape index (κ2) is 8.13. The molecule has 0 spiro atoms. The SMILES string of the molecule is CC(C)n1nccc1NC(=O)CSc1nc2scc(-c3cccs3)c2c(=O)n1C. The Balaban J connectivity index is 1.54. The Kier molecular flexibility index (Phi) is 5.57. The van der Waals surface area contributed by atoms with Crippen LogP contribution >= 0.6 is 34.4 Å². The summed E-state index contributed by atoms with van der Waals surface area (Å²) in [5.74, 6) is 0.636. The fraction of sp³-hybridized carbons (Fsp3) is 0.263. The average Bonchev–Trinajstić information content (AvgIpc) is 3.43. The van der Waals surface area contributed by atoms with Crippen molar-refractivity contribution < 1.29 is 4.79 Å². The summed E-state index contributed by atoms with van der Waals surface area (Å²) < 4.78 is 3.27. The van der Waals surface area contributed by atoms with Gasteiger partial charge in [0.05, 0.1) is 17.3 Å². The molecule has 0 atom stereocenters. The molecular formula is C19H19N5O2S3. The van der Waals surface area contributed by atoms with Gasteiger partial charge in [-0.05, 0) is 25.3 Å². The summed E-state index contributed by atoms with van der Waals surface area (Å²) in [5, 5.41) is 12.2. The van der Waals surface area contributed by atoms with Gasteiger partial charge in [-0.1, -0.05) is 17.8 Å². The van der Waals surface area contributed by atoms with Crippen LogP contribution in [0.1, 0.15) is 19.9 Å².